The third-order valence-electron chi connectivity index (χ3n) is 2.45. The maximum Gasteiger partial charge on any atom is 0.417 e. The first-order valence-electron chi connectivity index (χ1n) is 5.52. The number of hydrogen-bond acceptors (Lipinski definition) is 3. The van der Waals surface area contributed by atoms with Gasteiger partial charge in [-0.25, -0.2) is 4.98 Å². The molecule has 104 valence electrons. The lowest BCUT2D eigenvalue weighted by atomic mass is 10.1. The van der Waals surface area contributed by atoms with E-state index in [1.54, 1.807) is 24.4 Å². The maximum absolute atomic E-state index is 13.0. The highest BCUT2D eigenvalue weighted by Gasteiger charge is 2.34. The van der Waals surface area contributed by atoms with Crippen molar-refractivity contribution in [2.75, 3.05) is 0 Å². The van der Waals surface area contributed by atoms with E-state index in [0.29, 0.717) is 9.92 Å². The Morgan fingerprint density at radius 2 is 1.95 bits per heavy atom. The van der Waals surface area contributed by atoms with Crippen LogP contribution in [0.25, 0.3) is 0 Å². The van der Waals surface area contributed by atoms with Gasteiger partial charge in [0.05, 0.1) is 5.56 Å². The number of nitrogens with zero attached hydrogens (tertiary/aromatic N) is 1. The summed E-state index contributed by atoms with van der Waals surface area (Å²) < 4.78 is 38.9. The first kappa shape index (κ1) is 14.4. The van der Waals surface area contributed by atoms with Crippen molar-refractivity contribution < 1.29 is 13.2 Å². The van der Waals surface area contributed by atoms with Crippen molar-refractivity contribution in [3.63, 3.8) is 0 Å². The second-order valence-electron chi connectivity index (χ2n) is 3.89. The van der Waals surface area contributed by atoms with Crippen molar-refractivity contribution in [3.8, 4) is 0 Å². The summed E-state index contributed by atoms with van der Waals surface area (Å²) in [4.78, 5) is 4.43. The summed E-state index contributed by atoms with van der Waals surface area (Å²) >= 11 is 1.12. The van der Waals surface area contributed by atoms with E-state index in [9.17, 15) is 13.2 Å². The number of rotatable bonds is 3. The largest absolute Gasteiger partial charge is 0.417 e. The minimum absolute atomic E-state index is 0.317. The van der Waals surface area contributed by atoms with Gasteiger partial charge in [-0.2, -0.15) is 13.2 Å². The SMILES string of the molecule is N=C(N)c1ccc(Sc2ccccn2)cc1C(F)(F)F. The molecule has 0 fully saturated rings. The molecule has 0 atom stereocenters. The molecular formula is C13H10F3N3S. The Balaban J connectivity index is 2.40. The summed E-state index contributed by atoms with van der Waals surface area (Å²) in [6, 6.07) is 8.86. The number of hydrogen-bond donors (Lipinski definition) is 2. The van der Waals surface area contributed by atoms with Crippen LogP contribution in [0.2, 0.25) is 0 Å². The van der Waals surface area contributed by atoms with Crippen LogP contribution < -0.4 is 5.73 Å². The van der Waals surface area contributed by atoms with Gasteiger partial charge in [0.15, 0.2) is 0 Å². The fraction of sp³-hybridized carbons (Fsp3) is 0.0769. The molecule has 0 radical (unpaired) electrons. The number of amidine groups is 1. The van der Waals surface area contributed by atoms with E-state index in [-0.39, 0.29) is 5.56 Å². The van der Waals surface area contributed by atoms with Crippen molar-refractivity contribution in [2.45, 2.75) is 16.1 Å². The highest BCUT2D eigenvalue weighted by molar-refractivity contribution is 7.99. The van der Waals surface area contributed by atoms with Crippen LogP contribution in [-0.4, -0.2) is 10.8 Å². The number of pyridine rings is 1. The number of alkyl halides is 3. The van der Waals surface area contributed by atoms with Gasteiger partial charge in [-0.05, 0) is 30.3 Å². The van der Waals surface area contributed by atoms with E-state index >= 15 is 0 Å². The van der Waals surface area contributed by atoms with E-state index in [1.807, 2.05) is 0 Å². The molecule has 3 N–H and O–H groups in total. The molecule has 0 unspecified atom stereocenters. The quantitative estimate of drug-likeness (QED) is 0.673. The lowest BCUT2D eigenvalue weighted by Gasteiger charge is -2.13. The molecule has 1 aromatic carbocycles. The lowest BCUT2D eigenvalue weighted by molar-refractivity contribution is -0.137. The molecule has 0 spiro atoms. The van der Waals surface area contributed by atoms with Gasteiger partial charge < -0.3 is 5.73 Å². The van der Waals surface area contributed by atoms with E-state index in [2.05, 4.69) is 4.98 Å². The number of benzene rings is 1. The molecule has 0 saturated carbocycles. The molecule has 0 saturated heterocycles. The van der Waals surface area contributed by atoms with E-state index in [4.69, 9.17) is 11.1 Å². The van der Waals surface area contributed by atoms with Crippen molar-refractivity contribution in [1.29, 1.82) is 5.41 Å². The summed E-state index contributed by atoms with van der Waals surface area (Å²) in [6.07, 6.45) is -2.99. The monoisotopic (exact) mass is 297 g/mol. The zero-order chi connectivity index (χ0) is 14.8. The molecule has 0 bridgehead atoms. The number of nitrogens with one attached hydrogen (secondary N) is 1. The maximum atomic E-state index is 13.0. The molecule has 7 heteroatoms. The zero-order valence-electron chi connectivity index (χ0n) is 10.1. The predicted molar refractivity (Wildman–Crippen MR) is 70.8 cm³/mol. The summed E-state index contributed by atoms with van der Waals surface area (Å²) in [7, 11) is 0. The molecular weight excluding hydrogens is 287 g/mol. The second-order valence-corrected chi connectivity index (χ2v) is 4.98. The number of nitrogen functional groups attached to an aromatic ring is 1. The second kappa shape index (κ2) is 5.54. The molecule has 0 aliphatic carbocycles. The first-order chi connectivity index (χ1) is 9.38. The van der Waals surface area contributed by atoms with Gasteiger partial charge >= 0.3 is 6.18 Å². The Bertz CT molecular complexity index is 627. The Morgan fingerprint density at radius 3 is 2.50 bits per heavy atom. The smallest absolute Gasteiger partial charge is 0.384 e. The normalized spacial score (nSPS) is 11.3. The predicted octanol–water partition coefficient (Wildman–Crippen LogP) is 3.54. The van der Waals surface area contributed by atoms with Crippen LogP contribution in [0.4, 0.5) is 13.2 Å². The van der Waals surface area contributed by atoms with Gasteiger partial charge in [0.2, 0.25) is 0 Å². The number of aromatic nitrogens is 1. The average molecular weight is 297 g/mol. The molecule has 1 aromatic heterocycles. The van der Waals surface area contributed by atoms with Crippen LogP contribution >= 0.6 is 11.8 Å². The van der Waals surface area contributed by atoms with Gasteiger partial charge in [0.25, 0.3) is 0 Å². The van der Waals surface area contributed by atoms with Gasteiger partial charge in [0.1, 0.15) is 10.9 Å². The fourth-order valence-electron chi connectivity index (χ4n) is 1.58. The highest BCUT2D eigenvalue weighted by atomic mass is 32.2. The molecule has 1 heterocycles. The van der Waals surface area contributed by atoms with Crippen LogP contribution in [0.1, 0.15) is 11.1 Å². The zero-order valence-corrected chi connectivity index (χ0v) is 10.9. The summed E-state index contributed by atoms with van der Waals surface area (Å²) in [5, 5.41) is 7.80. The van der Waals surface area contributed by atoms with Crippen molar-refractivity contribution in [2.24, 2.45) is 5.73 Å². The van der Waals surface area contributed by atoms with Gasteiger partial charge in [-0.15, -0.1) is 0 Å². The Morgan fingerprint density at radius 1 is 1.20 bits per heavy atom. The van der Waals surface area contributed by atoms with Crippen molar-refractivity contribution >= 4 is 17.6 Å². The summed E-state index contributed by atoms with van der Waals surface area (Å²) in [6.45, 7) is 0. The Kier molecular flexibility index (Phi) is 3.99. The van der Waals surface area contributed by atoms with Gasteiger partial charge in [-0.1, -0.05) is 17.8 Å². The topological polar surface area (TPSA) is 62.8 Å². The molecule has 0 aliphatic heterocycles. The van der Waals surface area contributed by atoms with Crippen LogP contribution in [0.3, 0.4) is 0 Å². The van der Waals surface area contributed by atoms with Gasteiger partial charge in [0, 0.05) is 16.7 Å². The van der Waals surface area contributed by atoms with Crippen LogP contribution in [-0.2, 0) is 6.18 Å². The molecule has 20 heavy (non-hydrogen) atoms. The van der Waals surface area contributed by atoms with Crippen LogP contribution in [0.5, 0.6) is 0 Å². The van der Waals surface area contributed by atoms with Crippen LogP contribution in [0.15, 0.2) is 52.5 Å². The number of nitrogens with two attached hydrogens (primary N) is 1. The minimum atomic E-state index is -4.55. The summed E-state index contributed by atoms with van der Waals surface area (Å²) in [5.41, 5.74) is 3.95. The standard InChI is InChI=1S/C13H10F3N3S/c14-13(15,16)10-7-8(4-5-9(10)12(17)18)20-11-3-1-2-6-19-11/h1-7H,(H3,17,18). The Hall–Kier alpha value is -2.02. The summed E-state index contributed by atoms with van der Waals surface area (Å²) in [5.74, 6) is -0.605. The molecule has 3 nitrogen and oxygen atoms in total. The van der Waals surface area contributed by atoms with Crippen molar-refractivity contribution in [3.05, 3.63) is 53.7 Å². The van der Waals surface area contributed by atoms with E-state index in [0.717, 1.165) is 17.8 Å². The van der Waals surface area contributed by atoms with Crippen molar-refractivity contribution in [1.82, 2.24) is 4.98 Å². The van der Waals surface area contributed by atoms with Crippen LogP contribution in [0, 0.1) is 5.41 Å². The number of halogens is 3. The minimum Gasteiger partial charge on any atom is -0.384 e. The molecule has 0 aliphatic rings. The lowest BCUT2D eigenvalue weighted by Crippen LogP contribution is -2.18. The van der Waals surface area contributed by atoms with E-state index < -0.39 is 17.6 Å². The third kappa shape index (κ3) is 3.30. The molecule has 2 rings (SSSR count). The Labute approximate surface area is 117 Å². The molecule has 2 aromatic rings. The first-order valence-corrected chi connectivity index (χ1v) is 6.34. The van der Waals surface area contributed by atoms with Gasteiger partial charge in [-0.3, -0.25) is 5.41 Å². The van der Waals surface area contributed by atoms with E-state index in [1.165, 1.54) is 12.1 Å². The molecule has 0 amide bonds. The highest BCUT2D eigenvalue weighted by Crippen LogP contribution is 2.36. The fourth-order valence-corrected chi connectivity index (χ4v) is 2.40. The average Bonchev–Trinajstić information content (AvgIpc) is 2.38. The third-order valence-corrected chi connectivity index (χ3v) is 3.39.